The van der Waals surface area contributed by atoms with E-state index >= 15 is 0 Å². The minimum absolute atomic E-state index is 0.0898. The third kappa shape index (κ3) is 4.35. The fourth-order valence-corrected chi connectivity index (χ4v) is 4.92. The van der Waals surface area contributed by atoms with Gasteiger partial charge in [0.05, 0.1) is 10.6 Å². The predicted octanol–water partition coefficient (Wildman–Crippen LogP) is 1.35. The Morgan fingerprint density at radius 1 is 1.39 bits per heavy atom. The standard InChI is InChI=1S/C15H24N2O4S2/c1-8(2)7-11(22)13(18)16-9-5-6-23-12-4-3-10(15(20)21)17(12)14(9)19/h8-12,22H,3-7H2,1-2H3,(H,16,18)(H,20,21). The molecule has 8 heteroatoms. The maximum absolute atomic E-state index is 12.7. The lowest BCUT2D eigenvalue weighted by Gasteiger charge is -2.29. The molecule has 2 saturated heterocycles. The van der Waals surface area contributed by atoms with E-state index in [0.717, 1.165) is 5.75 Å². The van der Waals surface area contributed by atoms with Crippen molar-refractivity contribution in [1.82, 2.24) is 10.2 Å². The van der Waals surface area contributed by atoms with Gasteiger partial charge in [0.2, 0.25) is 11.8 Å². The van der Waals surface area contributed by atoms with Crippen LogP contribution in [0.2, 0.25) is 0 Å². The quantitative estimate of drug-likeness (QED) is 0.645. The average Bonchev–Trinajstić information content (AvgIpc) is 2.82. The molecule has 2 N–H and O–H groups in total. The van der Waals surface area contributed by atoms with E-state index in [1.165, 1.54) is 4.90 Å². The summed E-state index contributed by atoms with van der Waals surface area (Å²) >= 11 is 5.91. The van der Waals surface area contributed by atoms with E-state index in [1.807, 2.05) is 13.8 Å². The molecule has 2 aliphatic heterocycles. The third-order valence-corrected chi connectivity index (χ3v) is 5.97. The van der Waals surface area contributed by atoms with Crippen LogP contribution in [0.3, 0.4) is 0 Å². The Labute approximate surface area is 146 Å². The molecule has 23 heavy (non-hydrogen) atoms. The average molecular weight is 361 g/mol. The highest BCUT2D eigenvalue weighted by Crippen LogP contribution is 2.35. The smallest absolute Gasteiger partial charge is 0.326 e. The maximum Gasteiger partial charge on any atom is 0.326 e. The van der Waals surface area contributed by atoms with Gasteiger partial charge in [-0.3, -0.25) is 9.59 Å². The first-order valence-electron chi connectivity index (χ1n) is 7.96. The van der Waals surface area contributed by atoms with Crippen molar-refractivity contribution in [2.24, 2.45) is 5.92 Å². The number of carbonyl (C=O) groups is 3. The Hall–Kier alpha value is -0.890. The number of carboxylic acid groups (broad SMARTS) is 1. The number of thiol groups is 1. The molecule has 4 atom stereocenters. The normalized spacial score (nSPS) is 29.1. The number of carbonyl (C=O) groups excluding carboxylic acids is 2. The van der Waals surface area contributed by atoms with Crippen molar-refractivity contribution in [3.8, 4) is 0 Å². The molecule has 2 amide bonds. The zero-order valence-corrected chi connectivity index (χ0v) is 15.1. The van der Waals surface area contributed by atoms with Crippen LogP contribution in [-0.2, 0) is 14.4 Å². The number of nitrogens with one attached hydrogen (secondary N) is 1. The molecule has 2 fully saturated rings. The molecule has 0 saturated carbocycles. The van der Waals surface area contributed by atoms with Gasteiger partial charge in [-0.25, -0.2) is 4.79 Å². The zero-order chi connectivity index (χ0) is 17.1. The van der Waals surface area contributed by atoms with Crippen LogP contribution < -0.4 is 5.32 Å². The van der Waals surface area contributed by atoms with Gasteiger partial charge in [-0.1, -0.05) is 13.8 Å². The predicted molar refractivity (Wildman–Crippen MR) is 92.5 cm³/mol. The Kier molecular flexibility index (Phi) is 6.25. The lowest BCUT2D eigenvalue weighted by molar-refractivity contribution is -0.149. The summed E-state index contributed by atoms with van der Waals surface area (Å²) < 4.78 is 0. The summed E-state index contributed by atoms with van der Waals surface area (Å²) in [5.41, 5.74) is 0. The van der Waals surface area contributed by atoms with Crippen molar-refractivity contribution >= 4 is 42.2 Å². The molecule has 0 aliphatic carbocycles. The molecule has 6 nitrogen and oxygen atoms in total. The number of hydrogen-bond donors (Lipinski definition) is 3. The van der Waals surface area contributed by atoms with E-state index in [1.54, 1.807) is 11.8 Å². The van der Waals surface area contributed by atoms with Crippen LogP contribution in [0.25, 0.3) is 0 Å². The van der Waals surface area contributed by atoms with Gasteiger partial charge in [0.1, 0.15) is 12.1 Å². The summed E-state index contributed by atoms with van der Waals surface area (Å²) in [6, 6.07) is -1.43. The SMILES string of the molecule is CC(C)CC(S)C(=O)NC1CCSC2CCC(C(=O)O)N2C1=O. The van der Waals surface area contributed by atoms with Crippen molar-refractivity contribution in [2.45, 2.75) is 62.2 Å². The first-order valence-corrected chi connectivity index (χ1v) is 9.52. The molecule has 0 aromatic heterocycles. The van der Waals surface area contributed by atoms with Gasteiger partial charge in [-0.05, 0) is 37.4 Å². The fraction of sp³-hybridized carbons (Fsp3) is 0.800. The number of aliphatic carboxylic acids is 1. The topological polar surface area (TPSA) is 86.7 Å². The molecule has 2 heterocycles. The van der Waals surface area contributed by atoms with Gasteiger partial charge in [0.15, 0.2) is 0 Å². The van der Waals surface area contributed by atoms with Gasteiger partial charge < -0.3 is 15.3 Å². The van der Waals surface area contributed by atoms with Crippen LogP contribution >= 0.6 is 24.4 Å². The van der Waals surface area contributed by atoms with E-state index < -0.39 is 23.3 Å². The summed E-state index contributed by atoms with van der Waals surface area (Å²) in [6.45, 7) is 4.02. The van der Waals surface area contributed by atoms with Crippen LogP contribution in [0.4, 0.5) is 0 Å². The van der Waals surface area contributed by atoms with Gasteiger partial charge in [0.25, 0.3) is 0 Å². The zero-order valence-electron chi connectivity index (χ0n) is 13.4. The van der Waals surface area contributed by atoms with Crippen molar-refractivity contribution in [2.75, 3.05) is 5.75 Å². The second-order valence-corrected chi connectivity index (χ2v) is 8.41. The highest BCUT2D eigenvalue weighted by molar-refractivity contribution is 7.99. The molecule has 0 aromatic carbocycles. The molecular weight excluding hydrogens is 336 g/mol. The maximum atomic E-state index is 12.7. The number of thioether (sulfide) groups is 1. The second kappa shape index (κ2) is 7.79. The summed E-state index contributed by atoms with van der Waals surface area (Å²) in [4.78, 5) is 37.8. The molecule has 2 rings (SSSR count). The first kappa shape index (κ1) is 18.4. The largest absolute Gasteiger partial charge is 0.480 e. The van der Waals surface area contributed by atoms with E-state index in [9.17, 15) is 19.5 Å². The van der Waals surface area contributed by atoms with E-state index in [0.29, 0.717) is 31.6 Å². The first-order chi connectivity index (χ1) is 10.8. The summed E-state index contributed by atoms with van der Waals surface area (Å²) in [5, 5.41) is 11.5. The molecule has 130 valence electrons. The molecule has 0 spiro atoms. The second-order valence-electron chi connectivity index (χ2n) is 6.50. The van der Waals surface area contributed by atoms with Crippen molar-refractivity contribution in [3.05, 3.63) is 0 Å². The van der Waals surface area contributed by atoms with Gasteiger partial charge >= 0.3 is 5.97 Å². The lowest BCUT2D eigenvalue weighted by atomic mass is 10.1. The van der Waals surface area contributed by atoms with Crippen LogP contribution in [-0.4, -0.2) is 56.3 Å². The number of fused-ring (bicyclic) bond motifs is 1. The molecule has 4 unspecified atom stereocenters. The number of hydrogen-bond acceptors (Lipinski definition) is 5. The Morgan fingerprint density at radius 3 is 2.70 bits per heavy atom. The van der Waals surface area contributed by atoms with Crippen LogP contribution in [0.1, 0.15) is 39.5 Å². The minimum atomic E-state index is -0.972. The Morgan fingerprint density at radius 2 is 2.09 bits per heavy atom. The fourth-order valence-electron chi connectivity index (χ4n) is 3.06. The third-order valence-electron chi connectivity index (χ3n) is 4.20. The number of amides is 2. The monoisotopic (exact) mass is 360 g/mol. The summed E-state index contributed by atoms with van der Waals surface area (Å²) in [5.74, 6) is -0.437. The van der Waals surface area contributed by atoms with E-state index in [4.69, 9.17) is 0 Å². The highest BCUT2D eigenvalue weighted by atomic mass is 32.2. The summed E-state index contributed by atoms with van der Waals surface area (Å²) in [7, 11) is 0. The van der Waals surface area contributed by atoms with Crippen molar-refractivity contribution in [1.29, 1.82) is 0 Å². The summed E-state index contributed by atoms with van der Waals surface area (Å²) in [6.07, 6.45) is 2.32. The van der Waals surface area contributed by atoms with E-state index in [2.05, 4.69) is 17.9 Å². The number of rotatable bonds is 5. The Balaban J connectivity index is 2.06. The number of carboxylic acids is 1. The lowest BCUT2D eigenvalue weighted by Crippen LogP contribution is -2.53. The van der Waals surface area contributed by atoms with Crippen molar-refractivity contribution in [3.63, 3.8) is 0 Å². The minimum Gasteiger partial charge on any atom is -0.480 e. The van der Waals surface area contributed by atoms with Gasteiger partial charge in [0, 0.05) is 0 Å². The molecule has 2 aliphatic rings. The van der Waals surface area contributed by atoms with Gasteiger partial charge in [-0.15, -0.1) is 11.8 Å². The number of nitrogens with zero attached hydrogens (tertiary/aromatic N) is 1. The highest BCUT2D eigenvalue weighted by Gasteiger charge is 2.45. The van der Waals surface area contributed by atoms with Crippen molar-refractivity contribution < 1.29 is 19.5 Å². The van der Waals surface area contributed by atoms with Crippen LogP contribution in [0, 0.1) is 5.92 Å². The molecule has 0 bridgehead atoms. The molecule has 0 aromatic rings. The Bertz CT molecular complexity index is 486. The van der Waals surface area contributed by atoms with Gasteiger partial charge in [-0.2, -0.15) is 12.6 Å². The van der Waals surface area contributed by atoms with E-state index in [-0.39, 0.29) is 17.2 Å². The van der Waals surface area contributed by atoms with Crippen LogP contribution in [0.15, 0.2) is 0 Å². The molecular formula is C15H24N2O4S2. The van der Waals surface area contributed by atoms with Crippen LogP contribution in [0.5, 0.6) is 0 Å². The molecule has 0 radical (unpaired) electrons.